The molecule has 5 fully saturated rings. The SMILES string of the molecule is CCCCOc1ccc(COC[C@H]2O[C@@H]3OC4(CCCCC4)O[C@@H]3[C@H]3OC4(CCCCC4)O[C@H]32)cc1. The van der Waals surface area contributed by atoms with E-state index in [2.05, 4.69) is 19.1 Å². The zero-order chi connectivity index (χ0) is 24.4. The van der Waals surface area contributed by atoms with Crippen molar-refractivity contribution in [1.82, 2.24) is 0 Å². The summed E-state index contributed by atoms with van der Waals surface area (Å²) in [7, 11) is 0. The minimum atomic E-state index is -0.527. The average Bonchev–Trinajstić information content (AvgIpc) is 3.44. The minimum Gasteiger partial charge on any atom is -0.494 e. The number of hydrogen-bond donors (Lipinski definition) is 0. The van der Waals surface area contributed by atoms with Crippen LogP contribution in [0.5, 0.6) is 5.75 Å². The van der Waals surface area contributed by atoms with Crippen LogP contribution in [0.4, 0.5) is 0 Å². The molecule has 0 unspecified atom stereocenters. The summed E-state index contributed by atoms with van der Waals surface area (Å²) in [4.78, 5) is 0. The van der Waals surface area contributed by atoms with Crippen molar-refractivity contribution >= 4 is 0 Å². The van der Waals surface area contributed by atoms with Crippen LogP contribution in [-0.2, 0) is 35.0 Å². The quantitative estimate of drug-likeness (QED) is 0.427. The Kier molecular flexibility index (Phi) is 7.57. The van der Waals surface area contributed by atoms with Gasteiger partial charge in [0.1, 0.15) is 30.2 Å². The summed E-state index contributed by atoms with van der Waals surface area (Å²) in [6.45, 7) is 3.86. The van der Waals surface area contributed by atoms with Crippen LogP contribution < -0.4 is 4.74 Å². The lowest BCUT2D eigenvalue weighted by Crippen LogP contribution is -2.56. The van der Waals surface area contributed by atoms with Crippen molar-refractivity contribution < 1.29 is 33.2 Å². The summed E-state index contributed by atoms with van der Waals surface area (Å²) in [5, 5.41) is 0. The fraction of sp³-hybridized carbons (Fsp3) is 0.793. The van der Waals surface area contributed by atoms with Gasteiger partial charge in [0.2, 0.25) is 0 Å². The molecule has 7 heteroatoms. The van der Waals surface area contributed by atoms with E-state index >= 15 is 0 Å². The van der Waals surface area contributed by atoms with Crippen LogP contribution in [0.15, 0.2) is 24.3 Å². The van der Waals surface area contributed by atoms with Crippen molar-refractivity contribution in [3.05, 3.63) is 29.8 Å². The Morgan fingerprint density at radius 1 is 0.778 bits per heavy atom. The molecule has 0 aromatic heterocycles. The second-order valence-electron chi connectivity index (χ2n) is 11.2. The molecular weight excluding hydrogens is 460 g/mol. The molecule has 200 valence electrons. The molecule has 5 aliphatic rings. The van der Waals surface area contributed by atoms with E-state index in [1.165, 1.54) is 12.8 Å². The highest BCUT2D eigenvalue weighted by atomic mass is 16.9. The second kappa shape index (κ2) is 10.9. The molecule has 0 amide bonds. The molecule has 0 radical (unpaired) electrons. The van der Waals surface area contributed by atoms with Crippen LogP contribution in [0.3, 0.4) is 0 Å². The molecule has 1 aromatic carbocycles. The van der Waals surface area contributed by atoms with Crippen molar-refractivity contribution in [3.8, 4) is 5.75 Å². The van der Waals surface area contributed by atoms with Gasteiger partial charge in [-0.15, -0.1) is 0 Å². The Morgan fingerprint density at radius 3 is 2.11 bits per heavy atom. The van der Waals surface area contributed by atoms with E-state index in [1.54, 1.807) is 0 Å². The Balaban J connectivity index is 1.10. The molecule has 0 bridgehead atoms. The molecular formula is C29H42O7. The zero-order valence-corrected chi connectivity index (χ0v) is 21.7. The number of fused-ring (bicyclic) bond motifs is 3. The van der Waals surface area contributed by atoms with E-state index in [9.17, 15) is 0 Å². The van der Waals surface area contributed by atoms with Crippen molar-refractivity contribution in [3.63, 3.8) is 0 Å². The molecule has 3 heterocycles. The first kappa shape index (κ1) is 25.1. The topological polar surface area (TPSA) is 64.6 Å². The Morgan fingerprint density at radius 2 is 1.42 bits per heavy atom. The fourth-order valence-corrected chi connectivity index (χ4v) is 6.48. The third-order valence-corrected chi connectivity index (χ3v) is 8.45. The highest BCUT2D eigenvalue weighted by Crippen LogP contribution is 2.50. The van der Waals surface area contributed by atoms with Gasteiger partial charge in [0.25, 0.3) is 0 Å². The maximum Gasteiger partial charge on any atom is 0.190 e. The van der Waals surface area contributed by atoms with Crippen molar-refractivity contribution in [2.24, 2.45) is 0 Å². The first-order chi connectivity index (χ1) is 17.7. The third-order valence-electron chi connectivity index (χ3n) is 8.45. The van der Waals surface area contributed by atoms with Crippen molar-refractivity contribution in [2.75, 3.05) is 13.2 Å². The van der Waals surface area contributed by atoms with Gasteiger partial charge in [-0.2, -0.15) is 0 Å². The molecule has 2 aliphatic carbocycles. The molecule has 5 atom stereocenters. The molecule has 3 aliphatic heterocycles. The van der Waals surface area contributed by atoms with Crippen molar-refractivity contribution in [1.29, 1.82) is 0 Å². The van der Waals surface area contributed by atoms with Crippen LogP contribution in [0, 0.1) is 0 Å². The maximum atomic E-state index is 6.71. The fourth-order valence-electron chi connectivity index (χ4n) is 6.48. The van der Waals surface area contributed by atoms with Crippen LogP contribution in [0.2, 0.25) is 0 Å². The standard InChI is InChI=1S/C29H42O7/c1-2-3-18-31-22-12-10-21(11-13-22)19-30-20-23-24-25(34-28(33-24)14-6-4-7-15-28)26-27(32-23)36-29(35-26)16-8-5-9-17-29/h10-13,23-27H,2-9,14-20H2,1H3/t23-,24+,25+,26-,27-/m1/s1. The van der Waals surface area contributed by atoms with E-state index in [4.69, 9.17) is 33.2 Å². The molecule has 6 rings (SSSR count). The number of hydrogen-bond acceptors (Lipinski definition) is 7. The summed E-state index contributed by atoms with van der Waals surface area (Å²) in [5.74, 6) is -0.134. The lowest BCUT2D eigenvalue weighted by atomic mass is 9.94. The molecule has 1 aromatic rings. The van der Waals surface area contributed by atoms with Crippen LogP contribution in [0.25, 0.3) is 0 Å². The normalized spacial score (nSPS) is 34.5. The summed E-state index contributed by atoms with van der Waals surface area (Å²) < 4.78 is 44.9. The second-order valence-corrected chi connectivity index (χ2v) is 11.2. The molecule has 3 saturated heterocycles. The van der Waals surface area contributed by atoms with Gasteiger partial charge in [0, 0.05) is 25.7 Å². The third kappa shape index (κ3) is 5.20. The van der Waals surface area contributed by atoms with Gasteiger partial charge in [0.15, 0.2) is 17.9 Å². The van der Waals surface area contributed by atoms with Gasteiger partial charge in [-0.1, -0.05) is 38.3 Å². The van der Waals surface area contributed by atoms with E-state index in [1.807, 2.05) is 12.1 Å². The van der Waals surface area contributed by atoms with Crippen LogP contribution in [-0.4, -0.2) is 55.5 Å². The monoisotopic (exact) mass is 502 g/mol. The van der Waals surface area contributed by atoms with Gasteiger partial charge in [-0.3, -0.25) is 0 Å². The molecule has 2 spiro atoms. The van der Waals surface area contributed by atoms with Crippen LogP contribution >= 0.6 is 0 Å². The Hall–Kier alpha value is -1.22. The maximum absolute atomic E-state index is 6.71. The average molecular weight is 503 g/mol. The number of unbranched alkanes of at least 4 members (excludes halogenated alkanes) is 1. The molecule has 36 heavy (non-hydrogen) atoms. The minimum absolute atomic E-state index is 0.184. The lowest BCUT2D eigenvalue weighted by Gasteiger charge is -2.37. The van der Waals surface area contributed by atoms with Gasteiger partial charge in [-0.05, 0) is 49.8 Å². The predicted octanol–water partition coefficient (Wildman–Crippen LogP) is 5.63. The highest BCUT2D eigenvalue weighted by molar-refractivity contribution is 5.26. The van der Waals surface area contributed by atoms with Crippen molar-refractivity contribution in [2.45, 2.75) is 133 Å². The Bertz CT molecular complexity index is 846. The Labute approximate surface area is 215 Å². The smallest absolute Gasteiger partial charge is 0.190 e. The summed E-state index contributed by atoms with van der Waals surface area (Å²) in [5.41, 5.74) is 1.11. The largest absolute Gasteiger partial charge is 0.494 e. The predicted molar refractivity (Wildman–Crippen MR) is 132 cm³/mol. The van der Waals surface area contributed by atoms with E-state index < -0.39 is 17.9 Å². The van der Waals surface area contributed by atoms with Gasteiger partial charge in [-0.25, -0.2) is 0 Å². The first-order valence-corrected chi connectivity index (χ1v) is 14.3. The van der Waals surface area contributed by atoms with Gasteiger partial charge >= 0.3 is 0 Å². The number of ether oxygens (including phenoxy) is 7. The molecule has 0 N–H and O–H groups in total. The van der Waals surface area contributed by atoms with Gasteiger partial charge < -0.3 is 33.2 Å². The summed E-state index contributed by atoms with van der Waals surface area (Å²) in [6.07, 6.45) is 11.6. The summed E-state index contributed by atoms with van der Waals surface area (Å²) in [6, 6.07) is 8.16. The van der Waals surface area contributed by atoms with E-state index in [-0.39, 0.29) is 24.4 Å². The lowest BCUT2D eigenvalue weighted by molar-refractivity contribution is -0.256. The van der Waals surface area contributed by atoms with E-state index in [0.29, 0.717) is 13.2 Å². The zero-order valence-electron chi connectivity index (χ0n) is 21.7. The first-order valence-electron chi connectivity index (χ1n) is 14.3. The highest BCUT2D eigenvalue weighted by Gasteiger charge is 2.63. The molecule has 2 saturated carbocycles. The van der Waals surface area contributed by atoms with E-state index in [0.717, 1.165) is 82.1 Å². The number of rotatable bonds is 8. The number of benzene rings is 1. The van der Waals surface area contributed by atoms with Crippen LogP contribution in [0.1, 0.15) is 89.5 Å². The molecule has 7 nitrogen and oxygen atoms in total. The van der Waals surface area contributed by atoms with Gasteiger partial charge in [0.05, 0.1) is 19.8 Å². The summed E-state index contributed by atoms with van der Waals surface area (Å²) >= 11 is 0.